The molecule has 1 aliphatic carbocycles. The summed E-state index contributed by atoms with van der Waals surface area (Å²) in [6.07, 6.45) is 5.61. The fourth-order valence-electron chi connectivity index (χ4n) is 3.50. The smallest absolute Gasteiger partial charge is 0.168 e. The van der Waals surface area contributed by atoms with Crippen molar-refractivity contribution in [1.82, 2.24) is 5.32 Å². The van der Waals surface area contributed by atoms with Crippen LogP contribution in [0.5, 0.6) is 0 Å². The molecule has 3 heteroatoms. The van der Waals surface area contributed by atoms with Gasteiger partial charge in [0.2, 0.25) is 0 Å². The Labute approximate surface area is 128 Å². The second kappa shape index (κ2) is 6.91. The van der Waals surface area contributed by atoms with E-state index in [9.17, 15) is 0 Å². The first kappa shape index (κ1) is 15.0. The maximum absolute atomic E-state index is 5.78. The lowest BCUT2D eigenvalue weighted by molar-refractivity contribution is -0.179. The van der Waals surface area contributed by atoms with E-state index in [1.54, 1.807) is 0 Å². The molecule has 1 heterocycles. The molecule has 1 saturated heterocycles. The average Bonchev–Trinajstić information content (AvgIpc) is 2.98. The molecule has 1 N–H and O–H groups in total. The van der Waals surface area contributed by atoms with E-state index >= 15 is 0 Å². The lowest BCUT2D eigenvalue weighted by atomic mass is 9.89. The summed E-state index contributed by atoms with van der Waals surface area (Å²) < 4.78 is 11.6. The summed E-state index contributed by atoms with van der Waals surface area (Å²) in [4.78, 5) is 0. The molecule has 1 saturated carbocycles. The molecule has 0 aromatic heterocycles. The van der Waals surface area contributed by atoms with Crippen molar-refractivity contribution in [2.75, 3.05) is 19.8 Å². The van der Waals surface area contributed by atoms with Crippen molar-refractivity contribution in [3.8, 4) is 0 Å². The van der Waals surface area contributed by atoms with Gasteiger partial charge in [0.15, 0.2) is 5.79 Å². The van der Waals surface area contributed by atoms with Gasteiger partial charge in [-0.05, 0) is 37.3 Å². The van der Waals surface area contributed by atoms with Gasteiger partial charge in [-0.3, -0.25) is 0 Å². The number of ether oxygens (including phenoxy) is 2. The van der Waals surface area contributed by atoms with E-state index in [1.807, 2.05) is 0 Å². The zero-order valence-corrected chi connectivity index (χ0v) is 13.0. The highest BCUT2D eigenvalue weighted by Gasteiger charge is 2.40. The minimum absolute atomic E-state index is 0.227. The van der Waals surface area contributed by atoms with Gasteiger partial charge in [0, 0.05) is 18.9 Å². The van der Waals surface area contributed by atoms with Crippen LogP contribution in [0.25, 0.3) is 0 Å². The Hall–Kier alpha value is -0.900. The van der Waals surface area contributed by atoms with Crippen LogP contribution in [0.15, 0.2) is 30.3 Å². The standard InChI is InChI=1S/C18H27NO2/c1-15(16-5-3-2-4-6-16)9-12-19-17-7-10-18(11-8-17)20-13-14-21-18/h2-6,15,17,19H,7-14H2,1H3. The number of hydrogen-bond acceptors (Lipinski definition) is 3. The lowest BCUT2D eigenvalue weighted by Gasteiger charge is -2.35. The maximum atomic E-state index is 5.78. The third-order valence-electron chi connectivity index (χ3n) is 4.94. The Kier molecular flexibility index (Phi) is 4.94. The predicted octanol–water partition coefficient (Wildman–Crippen LogP) is 3.46. The lowest BCUT2D eigenvalue weighted by Crippen LogP contribution is -2.42. The number of rotatable bonds is 5. The van der Waals surface area contributed by atoms with Crippen molar-refractivity contribution in [3.05, 3.63) is 35.9 Å². The van der Waals surface area contributed by atoms with Crippen molar-refractivity contribution in [1.29, 1.82) is 0 Å². The fourth-order valence-corrected chi connectivity index (χ4v) is 3.50. The third kappa shape index (κ3) is 3.85. The van der Waals surface area contributed by atoms with Crippen LogP contribution >= 0.6 is 0 Å². The molecule has 1 unspecified atom stereocenters. The molecular weight excluding hydrogens is 262 g/mol. The van der Waals surface area contributed by atoms with Crippen LogP contribution in [0.1, 0.15) is 50.5 Å². The van der Waals surface area contributed by atoms with Crippen LogP contribution in [-0.2, 0) is 9.47 Å². The van der Waals surface area contributed by atoms with E-state index in [0.717, 1.165) is 32.6 Å². The molecule has 3 rings (SSSR count). The molecule has 0 amide bonds. The molecule has 3 nitrogen and oxygen atoms in total. The van der Waals surface area contributed by atoms with Crippen LogP contribution in [0.2, 0.25) is 0 Å². The molecule has 2 fully saturated rings. The molecule has 1 atom stereocenters. The Balaban J connectivity index is 1.37. The highest BCUT2D eigenvalue weighted by atomic mass is 16.7. The van der Waals surface area contributed by atoms with Crippen molar-refractivity contribution in [3.63, 3.8) is 0 Å². The monoisotopic (exact) mass is 289 g/mol. The SMILES string of the molecule is CC(CCNC1CCC2(CC1)OCCO2)c1ccccc1. The first-order chi connectivity index (χ1) is 10.3. The summed E-state index contributed by atoms with van der Waals surface area (Å²) in [5.74, 6) is 0.394. The summed E-state index contributed by atoms with van der Waals surface area (Å²) in [6, 6.07) is 11.4. The van der Waals surface area contributed by atoms with Crippen molar-refractivity contribution in [2.24, 2.45) is 0 Å². The first-order valence-electron chi connectivity index (χ1n) is 8.34. The van der Waals surface area contributed by atoms with E-state index in [1.165, 1.54) is 24.8 Å². The van der Waals surface area contributed by atoms with E-state index in [-0.39, 0.29) is 5.79 Å². The van der Waals surface area contributed by atoms with Gasteiger partial charge in [-0.1, -0.05) is 37.3 Å². The fraction of sp³-hybridized carbons (Fsp3) is 0.667. The molecule has 1 aliphatic heterocycles. The van der Waals surface area contributed by atoms with Gasteiger partial charge >= 0.3 is 0 Å². The van der Waals surface area contributed by atoms with E-state index in [2.05, 4.69) is 42.6 Å². The second-order valence-electron chi connectivity index (χ2n) is 6.44. The topological polar surface area (TPSA) is 30.5 Å². The van der Waals surface area contributed by atoms with Crippen molar-refractivity contribution in [2.45, 2.75) is 56.8 Å². The van der Waals surface area contributed by atoms with Crippen LogP contribution in [0.3, 0.4) is 0 Å². The predicted molar refractivity (Wildman–Crippen MR) is 84.4 cm³/mol. The van der Waals surface area contributed by atoms with Crippen molar-refractivity contribution >= 4 is 0 Å². The van der Waals surface area contributed by atoms with Gasteiger partial charge in [-0.15, -0.1) is 0 Å². The second-order valence-corrected chi connectivity index (χ2v) is 6.44. The molecule has 21 heavy (non-hydrogen) atoms. The van der Waals surface area contributed by atoms with Gasteiger partial charge < -0.3 is 14.8 Å². The third-order valence-corrected chi connectivity index (χ3v) is 4.94. The van der Waals surface area contributed by atoms with E-state index < -0.39 is 0 Å². The summed E-state index contributed by atoms with van der Waals surface area (Å²) in [7, 11) is 0. The number of nitrogens with one attached hydrogen (secondary N) is 1. The van der Waals surface area contributed by atoms with Crippen molar-refractivity contribution < 1.29 is 9.47 Å². The molecular formula is C18H27NO2. The molecule has 1 aromatic carbocycles. The number of hydrogen-bond donors (Lipinski definition) is 1. The summed E-state index contributed by atoms with van der Waals surface area (Å²) in [5, 5.41) is 3.72. The van der Waals surface area contributed by atoms with Crippen LogP contribution in [0.4, 0.5) is 0 Å². The molecule has 1 aromatic rings. The Morgan fingerprint density at radius 3 is 2.48 bits per heavy atom. The van der Waals surface area contributed by atoms with Gasteiger partial charge in [0.1, 0.15) is 0 Å². The van der Waals surface area contributed by atoms with E-state index in [4.69, 9.17) is 9.47 Å². The van der Waals surface area contributed by atoms with Gasteiger partial charge in [0.25, 0.3) is 0 Å². The molecule has 1 spiro atoms. The number of benzene rings is 1. The van der Waals surface area contributed by atoms with Gasteiger partial charge in [-0.25, -0.2) is 0 Å². The summed E-state index contributed by atoms with van der Waals surface area (Å²) in [6.45, 7) is 4.95. The summed E-state index contributed by atoms with van der Waals surface area (Å²) >= 11 is 0. The zero-order chi connectivity index (χ0) is 14.5. The summed E-state index contributed by atoms with van der Waals surface area (Å²) in [5.41, 5.74) is 1.44. The maximum Gasteiger partial charge on any atom is 0.168 e. The normalized spacial score (nSPS) is 23.5. The quantitative estimate of drug-likeness (QED) is 0.900. The zero-order valence-electron chi connectivity index (χ0n) is 13.0. The minimum atomic E-state index is -0.227. The highest BCUT2D eigenvalue weighted by molar-refractivity contribution is 5.18. The Morgan fingerprint density at radius 2 is 1.81 bits per heavy atom. The molecule has 0 radical (unpaired) electrons. The largest absolute Gasteiger partial charge is 0.348 e. The first-order valence-corrected chi connectivity index (χ1v) is 8.34. The van der Waals surface area contributed by atoms with Gasteiger partial charge in [-0.2, -0.15) is 0 Å². The molecule has 0 bridgehead atoms. The average molecular weight is 289 g/mol. The minimum Gasteiger partial charge on any atom is -0.348 e. The molecule has 116 valence electrons. The Bertz CT molecular complexity index is 418. The highest BCUT2D eigenvalue weighted by Crippen LogP contribution is 2.35. The molecule has 2 aliphatic rings. The van der Waals surface area contributed by atoms with Crippen LogP contribution in [-0.4, -0.2) is 31.6 Å². The van der Waals surface area contributed by atoms with E-state index in [0.29, 0.717) is 12.0 Å². The van der Waals surface area contributed by atoms with Gasteiger partial charge in [0.05, 0.1) is 13.2 Å². The van der Waals surface area contributed by atoms with Crippen LogP contribution < -0.4 is 5.32 Å². The van der Waals surface area contributed by atoms with Crippen LogP contribution in [0, 0.1) is 0 Å². The Morgan fingerprint density at radius 1 is 1.14 bits per heavy atom.